The molecule has 8 heteroatoms. The largest absolute Gasteiger partial charge is 0.354 e. The molecule has 1 aromatic carbocycles. The van der Waals surface area contributed by atoms with Crippen LogP contribution in [-0.2, 0) is 11.2 Å². The Bertz CT molecular complexity index is 1180. The monoisotopic (exact) mass is 432 g/mol. The van der Waals surface area contributed by atoms with Gasteiger partial charge in [0, 0.05) is 49.0 Å². The van der Waals surface area contributed by atoms with Crippen molar-refractivity contribution in [2.24, 2.45) is 0 Å². The van der Waals surface area contributed by atoms with Gasteiger partial charge in [0.25, 0.3) is 0 Å². The first kappa shape index (κ1) is 19.7. The lowest BCUT2D eigenvalue weighted by molar-refractivity contribution is -0.115. The van der Waals surface area contributed by atoms with E-state index in [9.17, 15) is 4.79 Å². The van der Waals surface area contributed by atoms with Gasteiger partial charge in [0.05, 0.1) is 24.0 Å². The van der Waals surface area contributed by atoms with Crippen LogP contribution in [0.1, 0.15) is 5.69 Å². The first-order valence-electron chi connectivity index (χ1n) is 10.4. The number of carbonyl (C=O) groups excluding carboxylic acids is 1. The Morgan fingerprint density at radius 2 is 1.90 bits per heavy atom. The maximum atomic E-state index is 12.6. The fraction of sp³-hybridized carbons (Fsp3) is 0.261. The number of benzene rings is 1. The van der Waals surface area contributed by atoms with Gasteiger partial charge < -0.3 is 15.1 Å². The molecule has 3 aromatic heterocycles. The third kappa shape index (κ3) is 4.30. The summed E-state index contributed by atoms with van der Waals surface area (Å²) < 4.78 is 2.00. The topological polar surface area (TPSA) is 65.8 Å². The zero-order chi connectivity index (χ0) is 21.2. The molecule has 4 aromatic rings. The molecule has 1 aliphatic heterocycles. The summed E-state index contributed by atoms with van der Waals surface area (Å²) in [5, 5.41) is 4.95. The Kier molecular flexibility index (Phi) is 5.40. The van der Waals surface area contributed by atoms with Gasteiger partial charge in [-0.1, -0.05) is 30.3 Å². The molecule has 1 aliphatic rings. The Morgan fingerprint density at radius 1 is 1.10 bits per heavy atom. The Labute approximate surface area is 185 Å². The predicted octanol–water partition coefficient (Wildman–Crippen LogP) is 3.39. The van der Waals surface area contributed by atoms with Crippen molar-refractivity contribution in [3.8, 4) is 11.3 Å². The van der Waals surface area contributed by atoms with E-state index in [1.165, 1.54) is 0 Å². The van der Waals surface area contributed by atoms with Crippen LogP contribution >= 0.6 is 11.3 Å². The number of rotatable bonds is 5. The second-order valence-corrected chi connectivity index (χ2v) is 8.63. The summed E-state index contributed by atoms with van der Waals surface area (Å²) in [7, 11) is 2.14. The first-order chi connectivity index (χ1) is 15.2. The zero-order valence-corrected chi connectivity index (χ0v) is 18.2. The van der Waals surface area contributed by atoms with Crippen LogP contribution < -0.4 is 10.2 Å². The van der Waals surface area contributed by atoms with Crippen molar-refractivity contribution in [3.63, 3.8) is 0 Å². The second-order valence-electron chi connectivity index (χ2n) is 7.79. The van der Waals surface area contributed by atoms with Gasteiger partial charge in [0.1, 0.15) is 5.82 Å². The minimum Gasteiger partial charge on any atom is -0.354 e. The number of likely N-dealkylation sites (N-methyl/N-ethyl adjacent to an activating group) is 1. The van der Waals surface area contributed by atoms with E-state index >= 15 is 0 Å². The van der Waals surface area contributed by atoms with Crippen molar-refractivity contribution in [2.75, 3.05) is 43.4 Å². The van der Waals surface area contributed by atoms with E-state index in [0.717, 1.165) is 53.9 Å². The van der Waals surface area contributed by atoms with Crippen LogP contribution in [0.25, 0.3) is 16.2 Å². The molecule has 7 nitrogen and oxygen atoms in total. The summed E-state index contributed by atoms with van der Waals surface area (Å²) in [6.07, 6.45) is 4.01. The zero-order valence-electron chi connectivity index (χ0n) is 17.4. The van der Waals surface area contributed by atoms with Crippen LogP contribution in [0.2, 0.25) is 0 Å². The number of fused-ring (bicyclic) bond motifs is 1. The van der Waals surface area contributed by atoms with Crippen LogP contribution in [0.15, 0.2) is 60.2 Å². The average Bonchev–Trinajstić information content (AvgIpc) is 3.38. The number of carbonyl (C=O) groups is 1. The van der Waals surface area contributed by atoms with Gasteiger partial charge in [0.15, 0.2) is 4.96 Å². The fourth-order valence-electron chi connectivity index (χ4n) is 3.76. The third-order valence-electron chi connectivity index (χ3n) is 5.55. The van der Waals surface area contributed by atoms with Gasteiger partial charge in [0.2, 0.25) is 5.91 Å². The molecule has 31 heavy (non-hydrogen) atoms. The van der Waals surface area contributed by atoms with E-state index in [0.29, 0.717) is 5.69 Å². The first-order valence-corrected chi connectivity index (χ1v) is 11.2. The van der Waals surface area contributed by atoms with Gasteiger partial charge >= 0.3 is 0 Å². The number of anilines is 2. The smallest absolute Gasteiger partial charge is 0.230 e. The lowest BCUT2D eigenvalue weighted by Gasteiger charge is -2.33. The number of aromatic nitrogens is 3. The van der Waals surface area contributed by atoms with E-state index in [-0.39, 0.29) is 12.3 Å². The number of piperazine rings is 1. The van der Waals surface area contributed by atoms with Gasteiger partial charge in [-0.05, 0) is 19.2 Å². The molecule has 1 fully saturated rings. The number of hydrogen-bond acceptors (Lipinski definition) is 6. The number of imidazole rings is 1. The molecular weight excluding hydrogens is 408 g/mol. The van der Waals surface area contributed by atoms with Crippen molar-refractivity contribution >= 4 is 33.7 Å². The predicted molar refractivity (Wildman–Crippen MR) is 125 cm³/mol. The van der Waals surface area contributed by atoms with E-state index in [1.807, 2.05) is 58.4 Å². The highest BCUT2D eigenvalue weighted by molar-refractivity contribution is 7.15. The van der Waals surface area contributed by atoms with E-state index in [4.69, 9.17) is 0 Å². The molecule has 0 saturated carbocycles. The molecule has 0 atom stereocenters. The second kappa shape index (κ2) is 8.49. The minimum atomic E-state index is -0.0659. The highest BCUT2D eigenvalue weighted by Gasteiger charge is 2.16. The molecule has 5 rings (SSSR count). The van der Waals surface area contributed by atoms with E-state index in [2.05, 4.69) is 32.1 Å². The number of amides is 1. The van der Waals surface area contributed by atoms with Crippen LogP contribution in [0, 0.1) is 0 Å². The summed E-state index contributed by atoms with van der Waals surface area (Å²) in [5.74, 6) is 0.890. The molecule has 0 spiro atoms. The standard InChI is InChI=1S/C23H24N6OS/c1-27-9-11-28(12-10-27)21-8-7-18(14-24-21)25-22(30)13-19-16-31-23-26-20(15-29(19)23)17-5-3-2-4-6-17/h2-8,14-16H,9-13H2,1H3,(H,25,30). The van der Waals surface area contributed by atoms with Crippen LogP contribution in [-0.4, -0.2) is 58.4 Å². The van der Waals surface area contributed by atoms with Crippen LogP contribution in [0.5, 0.6) is 0 Å². The maximum absolute atomic E-state index is 12.6. The molecule has 1 saturated heterocycles. The number of nitrogens with one attached hydrogen (secondary N) is 1. The van der Waals surface area contributed by atoms with E-state index < -0.39 is 0 Å². The number of thiazole rings is 1. The van der Waals surface area contributed by atoms with Crippen molar-refractivity contribution < 1.29 is 4.79 Å². The van der Waals surface area contributed by atoms with E-state index in [1.54, 1.807) is 17.5 Å². The summed E-state index contributed by atoms with van der Waals surface area (Å²) in [5.41, 5.74) is 3.62. The molecular formula is C23H24N6OS. The molecule has 0 radical (unpaired) electrons. The maximum Gasteiger partial charge on any atom is 0.230 e. The number of pyridine rings is 1. The molecule has 0 bridgehead atoms. The normalized spacial score (nSPS) is 14.8. The molecule has 1 N–H and O–H groups in total. The molecule has 158 valence electrons. The van der Waals surface area contributed by atoms with Gasteiger partial charge in [-0.15, -0.1) is 11.3 Å². The molecule has 0 aliphatic carbocycles. The summed E-state index contributed by atoms with van der Waals surface area (Å²) in [6.45, 7) is 4.02. The highest BCUT2D eigenvalue weighted by Crippen LogP contribution is 2.24. The van der Waals surface area contributed by atoms with Gasteiger partial charge in [-0.3, -0.25) is 9.20 Å². The highest BCUT2D eigenvalue weighted by atomic mass is 32.1. The van der Waals surface area contributed by atoms with Crippen LogP contribution in [0.4, 0.5) is 11.5 Å². The summed E-state index contributed by atoms with van der Waals surface area (Å²) >= 11 is 1.55. The molecule has 4 heterocycles. The van der Waals surface area contributed by atoms with Crippen molar-refractivity contribution in [1.29, 1.82) is 0 Å². The SMILES string of the molecule is CN1CCN(c2ccc(NC(=O)Cc3csc4nc(-c5ccccc5)cn34)cn2)CC1. The molecule has 0 unspecified atom stereocenters. The Hall–Kier alpha value is -3.23. The van der Waals surface area contributed by atoms with Crippen molar-refractivity contribution in [3.05, 3.63) is 65.9 Å². The molecule has 1 amide bonds. The minimum absolute atomic E-state index is 0.0659. The lowest BCUT2D eigenvalue weighted by atomic mass is 10.2. The summed E-state index contributed by atoms with van der Waals surface area (Å²) in [6, 6.07) is 14.0. The number of nitrogens with zero attached hydrogens (tertiary/aromatic N) is 5. The Morgan fingerprint density at radius 3 is 2.65 bits per heavy atom. The lowest BCUT2D eigenvalue weighted by Crippen LogP contribution is -2.44. The quantitative estimate of drug-likeness (QED) is 0.524. The average molecular weight is 433 g/mol. The van der Waals surface area contributed by atoms with Crippen molar-refractivity contribution in [1.82, 2.24) is 19.3 Å². The van der Waals surface area contributed by atoms with Gasteiger partial charge in [-0.2, -0.15) is 0 Å². The number of hydrogen-bond donors (Lipinski definition) is 1. The Balaban J connectivity index is 1.24. The summed E-state index contributed by atoms with van der Waals surface area (Å²) in [4.78, 5) is 27.3. The third-order valence-corrected chi connectivity index (χ3v) is 6.44. The van der Waals surface area contributed by atoms with Crippen molar-refractivity contribution in [2.45, 2.75) is 6.42 Å². The van der Waals surface area contributed by atoms with Crippen LogP contribution in [0.3, 0.4) is 0 Å². The van der Waals surface area contributed by atoms with Gasteiger partial charge in [-0.25, -0.2) is 9.97 Å². The fourth-order valence-corrected chi connectivity index (χ4v) is 4.63.